The lowest BCUT2D eigenvalue weighted by Crippen LogP contribution is -2.06. The van der Waals surface area contributed by atoms with Gasteiger partial charge in [-0.2, -0.15) is 0 Å². The smallest absolute Gasteiger partial charge is 0.336 e. The highest BCUT2D eigenvalue weighted by molar-refractivity contribution is 6.35. The number of benzene rings is 4. The van der Waals surface area contributed by atoms with Gasteiger partial charge >= 0.3 is 5.97 Å². The quantitative estimate of drug-likeness (QED) is 0.0976. The lowest BCUT2D eigenvalue weighted by Gasteiger charge is -2.09. The highest BCUT2D eigenvalue weighted by Gasteiger charge is 2.12. The summed E-state index contributed by atoms with van der Waals surface area (Å²) in [6.07, 6.45) is 5.08. The van der Waals surface area contributed by atoms with Crippen LogP contribution >= 0.6 is 23.2 Å². The second-order valence-electron chi connectivity index (χ2n) is 9.00. The first-order valence-electron chi connectivity index (χ1n) is 12.8. The summed E-state index contributed by atoms with van der Waals surface area (Å²) in [5, 5.41) is 1.38. The summed E-state index contributed by atoms with van der Waals surface area (Å²) in [7, 11) is 0. The van der Waals surface area contributed by atoms with E-state index >= 15 is 0 Å². The molecule has 4 aromatic carbocycles. The predicted molar refractivity (Wildman–Crippen MR) is 160 cm³/mol. The fourth-order valence-electron chi connectivity index (χ4n) is 3.96. The molecule has 0 saturated heterocycles. The summed E-state index contributed by atoms with van der Waals surface area (Å²) in [5.74, 6) is 0.882. The molecule has 0 aliphatic rings. The second-order valence-corrected chi connectivity index (χ2v) is 9.81. The summed E-state index contributed by atoms with van der Waals surface area (Å²) in [6.45, 7) is 2.29. The lowest BCUT2D eigenvalue weighted by atomic mass is 10.2. The zero-order chi connectivity index (χ0) is 28.8. The number of carbonyl (C=O) groups excluding carboxylic acids is 1. The van der Waals surface area contributed by atoms with Crippen molar-refractivity contribution in [1.82, 2.24) is 0 Å². The minimum absolute atomic E-state index is 0.0681. The molecule has 1 heterocycles. The molecule has 0 atom stereocenters. The van der Waals surface area contributed by atoms with E-state index in [2.05, 4.69) is 6.92 Å². The molecule has 0 aliphatic heterocycles. The van der Waals surface area contributed by atoms with Crippen molar-refractivity contribution in [2.24, 2.45) is 0 Å². The fraction of sp³-hybridized carbons (Fsp3) is 0.0909. The van der Waals surface area contributed by atoms with Crippen LogP contribution in [0.4, 0.5) is 0 Å². The van der Waals surface area contributed by atoms with Gasteiger partial charge in [-0.1, -0.05) is 60.5 Å². The molecule has 5 aromatic rings. The van der Waals surface area contributed by atoms with Crippen LogP contribution in [0.2, 0.25) is 10.0 Å². The molecule has 41 heavy (non-hydrogen) atoms. The van der Waals surface area contributed by atoms with Crippen molar-refractivity contribution in [3.05, 3.63) is 134 Å². The molecule has 0 unspecified atom stereocenters. The van der Waals surface area contributed by atoms with Gasteiger partial charge in [0.15, 0.2) is 0 Å². The van der Waals surface area contributed by atoms with Crippen LogP contribution in [0.3, 0.4) is 0 Å². The standard InChI is InChI=1S/C33H24Cl2O6/c1-2-21-6-13-24(14-7-21)40-31-20-39-30-18-25(15-16-26(30)33(31)37)41-32(36)17-10-22-8-11-23(12-9-22)38-19-27-28(34)4-3-5-29(27)35/h3-18,20H,2,19H2,1H3. The second kappa shape index (κ2) is 12.8. The van der Waals surface area contributed by atoms with Crippen LogP contribution < -0.4 is 19.6 Å². The average Bonchev–Trinajstić information content (AvgIpc) is 2.98. The number of aryl methyl sites for hydroxylation is 1. The van der Waals surface area contributed by atoms with Crippen molar-refractivity contribution < 1.29 is 23.4 Å². The molecule has 206 valence electrons. The van der Waals surface area contributed by atoms with Crippen LogP contribution in [0.1, 0.15) is 23.6 Å². The number of rotatable bonds is 9. The highest BCUT2D eigenvalue weighted by Crippen LogP contribution is 2.27. The normalized spacial score (nSPS) is 11.1. The molecule has 0 radical (unpaired) electrons. The van der Waals surface area contributed by atoms with Crippen molar-refractivity contribution >= 4 is 46.2 Å². The van der Waals surface area contributed by atoms with Crippen LogP contribution in [-0.4, -0.2) is 5.97 Å². The van der Waals surface area contributed by atoms with Gasteiger partial charge in [0.1, 0.15) is 35.7 Å². The van der Waals surface area contributed by atoms with Crippen molar-refractivity contribution in [2.45, 2.75) is 20.0 Å². The zero-order valence-corrected chi connectivity index (χ0v) is 23.4. The molecule has 0 fully saturated rings. The first-order chi connectivity index (χ1) is 19.9. The molecule has 0 amide bonds. The maximum atomic E-state index is 12.9. The van der Waals surface area contributed by atoms with Crippen molar-refractivity contribution in [2.75, 3.05) is 0 Å². The minimum atomic E-state index is -0.587. The van der Waals surface area contributed by atoms with Gasteiger partial charge in [-0.3, -0.25) is 4.79 Å². The number of fused-ring (bicyclic) bond motifs is 1. The van der Waals surface area contributed by atoms with Gasteiger partial charge < -0.3 is 18.6 Å². The molecular weight excluding hydrogens is 563 g/mol. The average molecular weight is 587 g/mol. The number of hydrogen-bond acceptors (Lipinski definition) is 6. The topological polar surface area (TPSA) is 75.0 Å². The summed E-state index contributed by atoms with van der Waals surface area (Å²) in [5.41, 5.74) is 2.59. The number of carbonyl (C=O) groups is 1. The summed E-state index contributed by atoms with van der Waals surface area (Å²) in [6, 6.07) is 24.5. The van der Waals surface area contributed by atoms with Gasteiger partial charge in [0.2, 0.25) is 11.2 Å². The van der Waals surface area contributed by atoms with Crippen molar-refractivity contribution in [3.8, 4) is 23.0 Å². The summed E-state index contributed by atoms with van der Waals surface area (Å²) >= 11 is 12.4. The molecule has 0 spiro atoms. The van der Waals surface area contributed by atoms with Crippen LogP contribution in [0, 0.1) is 0 Å². The van der Waals surface area contributed by atoms with Gasteiger partial charge in [-0.05, 0) is 72.2 Å². The Labute approximate surface area is 246 Å². The fourth-order valence-corrected chi connectivity index (χ4v) is 4.47. The molecule has 0 N–H and O–H groups in total. The van der Waals surface area contributed by atoms with Crippen LogP contribution in [-0.2, 0) is 17.8 Å². The summed E-state index contributed by atoms with van der Waals surface area (Å²) < 4.78 is 22.5. The molecule has 0 aliphatic carbocycles. The Morgan fingerprint density at radius 1 is 0.878 bits per heavy atom. The number of esters is 1. The predicted octanol–water partition coefficient (Wildman–Crippen LogP) is 8.65. The van der Waals surface area contributed by atoms with E-state index in [4.69, 9.17) is 41.8 Å². The zero-order valence-electron chi connectivity index (χ0n) is 21.9. The van der Waals surface area contributed by atoms with Gasteiger partial charge in [0.25, 0.3) is 0 Å². The third kappa shape index (κ3) is 6.98. The van der Waals surface area contributed by atoms with Crippen LogP contribution in [0.15, 0.2) is 106 Å². The Morgan fingerprint density at radius 2 is 1.56 bits per heavy atom. The van der Waals surface area contributed by atoms with E-state index < -0.39 is 5.97 Å². The Kier molecular flexibility index (Phi) is 8.73. The van der Waals surface area contributed by atoms with Crippen molar-refractivity contribution in [1.29, 1.82) is 0 Å². The Hall–Kier alpha value is -4.52. The molecule has 1 aromatic heterocycles. The van der Waals surface area contributed by atoms with Gasteiger partial charge in [-0.25, -0.2) is 4.79 Å². The summed E-state index contributed by atoms with van der Waals surface area (Å²) in [4.78, 5) is 25.3. The SMILES string of the molecule is CCc1ccc(Oc2coc3cc(OC(=O)C=Cc4ccc(OCc5c(Cl)cccc5Cl)cc4)ccc3c2=O)cc1. The van der Waals surface area contributed by atoms with E-state index in [0.717, 1.165) is 12.0 Å². The largest absolute Gasteiger partial charge is 0.489 e. The van der Waals surface area contributed by atoms with E-state index in [9.17, 15) is 9.59 Å². The maximum Gasteiger partial charge on any atom is 0.336 e. The minimum Gasteiger partial charge on any atom is -0.489 e. The van der Waals surface area contributed by atoms with E-state index in [0.29, 0.717) is 32.5 Å². The third-order valence-corrected chi connectivity index (χ3v) is 6.94. The molecule has 6 nitrogen and oxygen atoms in total. The van der Waals surface area contributed by atoms with Gasteiger partial charge in [0.05, 0.1) is 5.39 Å². The molecule has 5 rings (SSSR count). The first-order valence-corrected chi connectivity index (χ1v) is 13.5. The third-order valence-electron chi connectivity index (χ3n) is 6.23. The number of halogens is 2. The van der Waals surface area contributed by atoms with E-state index in [1.807, 2.05) is 12.1 Å². The molecule has 0 bridgehead atoms. The van der Waals surface area contributed by atoms with E-state index in [1.165, 1.54) is 36.1 Å². The first kappa shape index (κ1) is 28.0. The van der Waals surface area contributed by atoms with Crippen LogP contribution in [0.5, 0.6) is 23.0 Å². The van der Waals surface area contributed by atoms with Gasteiger partial charge in [0, 0.05) is 27.8 Å². The number of ether oxygens (including phenoxy) is 3. The Bertz CT molecular complexity index is 1750. The highest BCUT2D eigenvalue weighted by atomic mass is 35.5. The molecule has 0 saturated carbocycles. The monoisotopic (exact) mass is 586 g/mol. The maximum absolute atomic E-state index is 12.9. The Balaban J connectivity index is 1.19. The molecule has 8 heteroatoms. The van der Waals surface area contributed by atoms with E-state index in [1.54, 1.807) is 60.7 Å². The lowest BCUT2D eigenvalue weighted by molar-refractivity contribution is -0.128. The molecular formula is C33H24Cl2O6. The van der Waals surface area contributed by atoms with Crippen molar-refractivity contribution in [3.63, 3.8) is 0 Å². The van der Waals surface area contributed by atoms with Gasteiger partial charge in [-0.15, -0.1) is 0 Å². The van der Waals surface area contributed by atoms with E-state index in [-0.39, 0.29) is 29.1 Å². The van der Waals surface area contributed by atoms with Crippen LogP contribution in [0.25, 0.3) is 17.0 Å². The Morgan fingerprint density at radius 3 is 2.27 bits per heavy atom. The number of hydrogen-bond donors (Lipinski definition) is 0.